The van der Waals surface area contributed by atoms with Crippen LogP contribution in [0.3, 0.4) is 0 Å². The number of hydrogen-bond donors (Lipinski definition) is 4. The summed E-state index contributed by atoms with van der Waals surface area (Å²) in [6, 6.07) is 18.0. The third-order valence-electron chi connectivity index (χ3n) is 6.46. The number of fused-ring (bicyclic) bond motifs is 1. The molecule has 1 saturated heterocycles. The van der Waals surface area contributed by atoms with Crippen molar-refractivity contribution < 1.29 is 64.3 Å². The number of amides is 1. The van der Waals surface area contributed by atoms with E-state index in [4.69, 9.17) is 4.74 Å². The predicted molar refractivity (Wildman–Crippen MR) is 144 cm³/mol. The van der Waals surface area contributed by atoms with E-state index in [1.54, 1.807) is 55.7 Å². The molecule has 1 aliphatic rings. The van der Waals surface area contributed by atoms with Crippen LogP contribution in [0.15, 0.2) is 76.7 Å². The number of rotatable bonds is 7. The number of ether oxygens (including phenoxy) is 1. The number of aliphatic carboxylic acids is 1. The summed E-state index contributed by atoms with van der Waals surface area (Å²) in [7, 11) is 1.55. The van der Waals surface area contributed by atoms with E-state index in [1.165, 1.54) is 16.4 Å². The maximum atomic E-state index is 12.4. The molecule has 0 aliphatic carbocycles. The molecular weight excluding hydrogens is 559 g/mol. The van der Waals surface area contributed by atoms with Crippen LogP contribution in [0, 0.1) is 0 Å². The van der Waals surface area contributed by atoms with Gasteiger partial charge in [0.1, 0.15) is 24.4 Å². The van der Waals surface area contributed by atoms with Crippen molar-refractivity contribution in [2.45, 2.75) is 40.4 Å². The number of carboxylic acid groups (broad SMARTS) is 1. The van der Waals surface area contributed by atoms with Gasteiger partial charge in [0.15, 0.2) is 6.23 Å². The molecule has 4 aromatic rings. The third kappa shape index (κ3) is 6.40. The number of aliphatic hydroxyl groups excluding tert-OH is 3. The second-order valence-corrected chi connectivity index (χ2v) is 10.1. The summed E-state index contributed by atoms with van der Waals surface area (Å²) >= 11 is 1.33. The van der Waals surface area contributed by atoms with Crippen molar-refractivity contribution in [1.82, 2.24) is 20.1 Å². The molecule has 4 N–H and O–H groups in total. The van der Waals surface area contributed by atoms with Crippen LogP contribution < -0.4 is 40.0 Å². The van der Waals surface area contributed by atoms with Crippen molar-refractivity contribution in [2.24, 2.45) is 0 Å². The molecule has 41 heavy (non-hydrogen) atoms. The number of nitrogens with one attached hydrogen (secondary N) is 1. The predicted octanol–water partition coefficient (Wildman–Crippen LogP) is -2.15. The zero-order chi connectivity index (χ0) is 28.4. The zero-order valence-electron chi connectivity index (χ0n) is 22.1. The molecule has 0 bridgehead atoms. The SMILES string of the molecule is CNC(=O)c1ccccc1Sc1ccc2c(/C=C/c3ccccn3)nn([C@@H]3OC(C(=O)[O-])[C@@H](O)[C@H](O)C3O)c2c1.[Na+]. The molecular formula is C28H25N4NaO7S. The number of aromatic nitrogens is 3. The third-order valence-corrected chi connectivity index (χ3v) is 7.52. The zero-order valence-corrected chi connectivity index (χ0v) is 24.9. The largest absolute Gasteiger partial charge is 1.00 e. The topological polar surface area (TPSA) is 170 Å². The van der Waals surface area contributed by atoms with Crippen LogP contribution in [0.5, 0.6) is 0 Å². The standard InChI is InChI=1S/C28H26N4O7S.Na/c1-29-26(36)18-7-2-3-8-21(18)40-16-10-11-17-19(12-9-15-6-4-5-13-30-15)31-32(20(17)14-16)27-24(35)22(33)23(34)25(39-27)28(37)38;/h2-14,22-25,27,33-35H,1H3,(H,29,36)(H,37,38);/q;+1/p-1/b12-9+;/t22-,23-,24?,25?,27+;/m0./s1. The number of benzene rings is 2. The number of carbonyl (C=O) groups is 2. The molecule has 5 rings (SSSR count). The van der Waals surface area contributed by atoms with E-state index in [-0.39, 0.29) is 35.5 Å². The molecule has 0 radical (unpaired) electrons. The fourth-order valence-corrected chi connectivity index (χ4v) is 5.40. The van der Waals surface area contributed by atoms with Gasteiger partial charge in [0.05, 0.1) is 28.4 Å². The number of pyridine rings is 1. The molecule has 0 saturated carbocycles. The van der Waals surface area contributed by atoms with Crippen molar-refractivity contribution >= 4 is 46.7 Å². The Balaban J connectivity index is 0.00000387. The average Bonchev–Trinajstić information content (AvgIpc) is 3.32. The fraction of sp³-hybridized carbons (Fsp3) is 0.214. The van der Waals surface area contributed by atoms with E-state index < -0.39 is 36.6 Å². The Bertz CT molecular complexity index is 1580. The normalized spacial score (nSPS) is 22.4. The van der Waals surface area contributed by atoms with E-state index in [1.807, 2.05) is 30.3 Å². The summed E-state index contributed by atoms with van der Waals surface area (Å²) in [6.07, 6.45) is -3.67. The van der Waals surface area contributed by atoms with Gasteiger partial charge < -0.3 is 35.3 Å². The Kier molecular flexibility index (Phi) is 10.00. The maximum absolute atomic E-state index is 12.4. The minimum absolute atomic E-state index is 0. The minimum Gasteiger partial charge on any atom is -0.547 e. The Hall–Kier alpha value is -3.07. The molecule has 206 valence electrons. The monoisotopic (exact) mass is 584 g/mol. The van der Waals surface area contributed by atoms with Gasteiger partial charge in [-0.15, -0.1) is 0 Å². The van der Waals surface area contributed by atoms with Crippen LogP contribution in [0.25, 0.3) is 23.1 Å². The molecule has 2 aromatic heterocycles. The first-order chi connectivity index (χ1) is 19.3. The minimum atomic E-state index is -1.90. The molecule has 2 unspecified atom stereocenters. The van der Waals surface area contributed by atoms with Gasteiger partial charge in [0.2, 0.25) is 0 Å². The van der Waals surface area contributed by atoms with Crippen molar-refractivity contribution in [3.8, 4) is 0 Å². The maximum Gasteiger partial charge on any atom is 1.00 e. The van der Waals surface area contributed by atoms with Gasteiger partial charge in [-0.2, -0.15) is 5.10 Å². The molecule has 3 heterocycles. The summed E-state index contributed by atoms with van der Waals surface area (Å²) < 4.78 is 6.79. The fourth-order valence-electron chi connectivity index (χ4n) is 4.42. The number of hydrogen-bond acceptors (Lipinski definition) is 10. The van der Waals surface area contributed by atoms with Crippen LogP contribution in [0.2, 0.25) is 0 Å². The Labute approximate surface area is 261 Å². The molecule has 1 amide bonds. The number of aliphatic hydroxyl groups is 3. The molecule has 13 heteroatoms. The summed E-state index contributed by atoms with van der Waals surface area (Å²) in [5, 5.41) is 50.8. The van der Waals surface area contributed by atoms with Crippen LogP contribution in [-0.2, 0) is 9.53 Å². The summed E-state index contributed by atoms with van der Waals surface area (Å²) in [6.45, 7) is 0. The van der Waals surface area contributed by atoms with E-state index >= 15 is 0 Å². The molecule has 11 nitrogen and oxygen atoms in total. The quantitative estimate of drug-likeness (QED) is 0.176. The molecule has 5 atom stereocenters. The molecule has 1 aliphatic heterocycles. The van der Waals surface area contributed by atoms with Gasteiger partial charge in [-0.05, 0) is 54.6 Å². The average molecular weight is 585 g/mol. The van der Waals surface area contributed by atoms with E-state index in [0.717, 1.165) is 0 Å². The number of nitrogens with zero attached hydrogens (tertiary/aromatic N) is 3. The van der Waals surface area contributed by atoms with Gasteiger partial charge in [0, 0.05) is 28.4 Å². The molecule has 1 fully saturated rings. The Morgan fingerprint density at radius 2 is 1.78 bits per heavy atom. The number of carboxylic acids is 1. The van der Waals surface area contributed by atoms with E-state index in [0.29, 0.717) is 37.6 Å². The first kappa shape index (κ1) is 30.9. The molecule has 2 aromatic carbocycles. The van der Waals surface area contributed by atoms with Crippen LogP contribution in [0.1, 0.15) is 28.0 Å². The summed E-state index contributed by atoms with van der Waals surface area (Å²) in [4.78, 5) is 29.7. The van der Waals surface area contributed by atoms with Gasteiger partial charge in [0.25, 0.3) is 5.91 Å². The van der Waals surface area contributed by atoms with Gasteiger partial charge >= 0.3 is 29.6 Å². The second kappa shape index (κ2) is 13.3. The van der Waals surface area contributed by atoms with Gasteiger partial charge in [-0.1, -0.05) is 30.0 Å². The van der Waals surface area contributed by atoms with Crippen molar-refractivity contribution in [3.63, 3.8) is 0 Å². The van der Waals surface area contributed by atoms with Gasteiger partial charge in [-0.25, -0.2) is 4.68 Å². The van der Waals surface area contributed by atoms with Crippen LogP contribution >= 0.6 is 11.8 Å². The first-order valence-electron chi connectivity index (χ1n) is 12.3. The Morgan fingerprint density at radius 3 is 2.49 bits per heavy atom. The van der Waals surface area contributed by atoms with Gasteiger partial charge in [-0.3, -0.25) is 9.78 Å². The van der Waals surface area contributed by atoms with Crippen LogP contribution in [-0.4, -0.2) is 73.4 Å². The first-order valence-corrected chi connectivity index (χ1v) is 13.1. The number of carbonyl (C=O) groups excluding carboxylic acids is 2. The second-order valence-electron chi connectivity index (χ2n) is 9.01. The van der Waals surface area contributed by atoms with E-state index in [2.05, 4.69) is 15.4 Å². The summed E-state index contributed by atoms with van der Waals surface area (Å²) in [5.41, 5.74) is 2.08. The van der Waals surface area contributed by atoms with Crippen molar-refractivity contribution in [3.05, 3.63) is 83.8 Å². The Morgan fingerprint density at radius 1 is 1.02 bits per heavy atom. The van der Waals surface area contributed by atoms with E-state index in [9.17, 15) is 30.0 Å². The smallest absolute Gasteiger partial charge is 0.547 e. The van der Waals surface area contributed by atoms with Crippen LogP contribution in [0.4, 0.5) is 0 Å². The summed E-state index contributed by atoms with van der Waals surface area (Å²) in [5.74, 6) is -1.98. The van der Waals surface area contributed by atoms with Crippen molar-refractivity contribution in [1.29, 1.82) is 0 Å². The van der Waals surface area contributed by atoms with Crippen molar-refractivity contribution in [2.75, 3.05) is 7.05 Å². The molecule has 0 spiro atoms.